The zero-order chi connectivity index (χ0) is 15.1. The van der Waals surface area contributed by atoms with Crippen LogP contribution in [0.2, 0.25) is 0 Å². The number of pyridine rings is 1. The summed E-state index contributed by atoms with van der Waals surface area (Å²) in [5, 5.41) is 6.60. The predicted molar refractivity (Wildman–Crippen MR) is 87.2 cm³/mol. The van der Waals surface area contributed by atoms with Crippen LogP contribution in [0, 0.1) is 13.8 Å². The van der Waals surface area contributed by atoms with E-state index in [0.29, 0.717) is 6.54 Å². The molecule has 21 heavy (non-hydrogen) atoms. The molecule has 0 saturated heterocycles. The standard InChI is InChI=1S/C17H22N4/c1-13-6-4-8-15(10-13)11-20-17(18-3)21-12-16-14(2)7-5-9-19-16/h4-10H,11-12H2,1-3H3,(H2,18,20,21). The second-order valence-electron chi connectivity index (χ2n) is 5.04. The number of guanidine groups is 1. The highest BCUT2D eigenvalue weighted by molar-refractivity contribution is 5.79. The number of aliphatic imine (C=N–C) groups is 1. The molecule has 0 unspecified atom stereocenters. The quantitative estimate of drug-likeness (QED) is 0.669. The van der Waals surface area contributed by atoms with Crippen LogP contribution >= 0.6 is 0 Å². The van der Waals surface area contributed by atoms with Gasteiger partial charge < -0.3 is 10.6 Å². The van der Waals surface area contributed by atoms with Gasteiger partial charge in [0.1, 0.15) is 0 Å². The van der Waals surface area contributed by atoms with Crippen LogP contribution in [0.1, 0.15) is 22.4 Å². The van der Waals surface area contributed by atoms with Gasteiger partial charge in [-0.1, -0.05) is 35.9 Å². The maximum absolute atomic E-state index is 4.37. The van der Waals surface area contributed by atoms with Crippen molar-refractivity contribution >= 4 is 5.96 Å². The Kier molecular flexibility index (Phi) is 5.32. The first-order valence-corrected chi connectivity index (χ1v) is 7.09. The number of nitrogens with zero attached hydrogens (tertiary/aromatic N) is 2. The van der Waals surface area contributed by atoms with Crippen LogP contribution in [-0.2, 0) is 13.1 Å². The molecule has 0 fully saturated rings. The highest BCUT2D eigenvalue weighted by Crippen LogP contribution is 2.04. The number of rotatable bonds is 4. The summed E-state index contributed by atoms with van der Waals surface area (Å²) >= 11 is 0. The maximum atomic E-state index is 4.37. The third kappa shape index (κ3) is 4.60. The molecule has 0 spiro atoms. The molecule has 2 aromatic rings. The van der Waals surface area contributed by atoms with Gasteiger partial charge in [0.05, 0.1) is 12.2 Å². The van der Waals surface area contributed by atoms with E-state index in [9.17, 15) is 0 Å². The summed E-state index contributed by atoms with van der Waals surface area (Å²) in [6.07, 6.45) is 1.81. The Balaban J connectivity index is 1.88. The zero-order valence-electron chi connectivity index (χ0n) is 12.9. The second-order valence-corrected chi connectivity index (χ2v) is 5.04. The first-order chi connectivity index (χ1) is 10.2. The molecule has 0 saturated carbocycles. The van der Waals surface area contributed by atoms with Crippen LogP contribution < -0.4 is 10.6 Å². The molecule has 110 valence electrons. The first kappa shape index (κ1) is 15.0. The zero-order valence-corrected chi connectivity index (χ0v) is 12.9. The van der Waals surface area contributed by atoms with E-state index < -0.39 is 0 Å². The Morgan fingerprint density at radius 2 is 1.90 bits per heavy atom. The number of benzene rings is 1. The lowest BCUT2D eigenvalue weighted by molar-refractivity contribution is 0.789. The van der Waals surface area contributed by atoms with Crippen molar-refractivity contribution in [3.05, 3.63) is 65.0 Å². The van der Waals surface area contributed by atoms with Crippen LogP contribution in [0.15, 0.2) is 47.6 Å². The Hall–Kier alpha value is -2.36. The van der Waals surface area contributed by atoms with E-state index >= 15 is 0 Å². The van der Waals surface area contributed by atoms with Gasteiger partial charge >= 0.3 is 0 Å². The van der Waals surface area contributed by atoms with Gasteiger partial charge in [0.2, 0.25) is 0 Å². The summed E-state index contributed by atoms with van der Waals surface area (Å²) in [6, 6.07) is 12.5. The fourth-order valence-corrected chi connectivity index (χ4v) is 2.10. The van der Waals surface area contributed by atoms with Crippen LogP contribution in [-0.4, -0.2) is 18.0 Å². The molecule has 4 heteroatoms. The minimum absolute atomic E-state index is 0.667. The summed E-state index contributed by atoms with van der Waals surface area (Å²) < 4.78 is 0. The van der Waals surface area contributed by atoms with Gasteiger partial charge in [-0.25, -0.2) is 0 Å². The van der Waals surface area contributed by atoms with Gasteiger partial charge in [0.15, 0.2) is 5.96 Å². The summed E-state index contributed by atoms with van der Waals surface area (Å²) in [5.74, 6) is 0.779. The third-order valence-electron chi connectivity index (χ3n) is 3.31. The fraction of sp³-hybridized carbons (Fsp3) is 0.294. The normalized spacial score (nSPS) is 11.3. The first-order valence-electron chi connectivity index (χ1n) is 7.09. The van der Waals surface area contributed by atoms with E-state index in [1.54, 1.807) is 7.05 Å². The molecule has 4 nitrogen and oxygen atoms in total. The Morgan fingerprint density at radius 3 is 2.62 bits per heavy atom. The third-order valence-corrected chi connectivity index (χ3v) is 3.31. The van der Waals surface area contributed by atoms with Gasteiger partial charge in [-0.05, 0) is 31.0 Å². The molecule has 1 aromatic carbocycles. The fourth-order valence-electron chi connectivity index (χ4n) is 2.10. The van der Waals surface area contributed by atoms with E-state index in [1.165, 1.54) is 16.7 Å². The number of nitrogens with one attached hydrogen (secondary N) is 2. The van der Waals surface area contributed by atoms with Gasteiger partial charge in [-0.3, -0.25) is 9.98 Å². The van der Waals surface area contributed by atoms with Crippen molar-refractivity contribution in [3.8, 4) is 0 Å². The van der Waals surface area contributed by atoms with Crippen LogP contribution in [0.25, 0.3) is 0 Å². The predicted octanol–water partition coefficient (Wildman–Crippen LogP) is 2.56. The number of hydrogen-bond acceptors (Lipinski definition) is 2. The molecular weight excluding hydrogens is 260 g/mol. The van der Waals surface area contributed by atoms with Crippen molar-refractivity contribution in [2.24, 2.45) is 4.99 Å². The highest BCUT2D eigenvalue weighted by atomic mass is 15.2. The van der Waals surface area contributed by atoms with E-state index in [0.717, 1.165) is 18.2 Å². The maximum Gasteiger partial charge on any atom is 0.191 e. The molecule has 0 bridgehead atoms. The molecule has 0 amide bonds. The SMILES string of the molecule is CN=C(NCc1cccc(C)c1)NCc1ncccc1C. The molecule has 0 atom stereocenters. The minimum atomic E-state index is 0.667. The van der Waals surface area contributed by atoms with E-state index in [1.807, 2.05) is 12.3 Å². The van der Waals surface area contributed by atoms with Gasteiger partial charge in [0.25, 0.3) is 0 Å². The average Bonchev–Trinajstić information content (AvgIpc) is 2.49. The number of aromatic nitrogens is 1. The molecule has 0 aliphatic heterocycles. The second kappa shape index (κ2) is 7.43. The van der Waals surface area contributed by atoms with Gasteiger partial charge in [-0.2, -0.15) is 0 Å². The molecule has 2 N–H and O–H groups in total. The van der Waals surface area contributed by atoms with Crippen molar-refractivity contribution in [1.82, 2.24) is 15.6 Å². The Bertz CT molecular complexity index is 620. The Labute approximate surface area is 126 Å². The summed E-state index contributed by atoms with van der Waals surface area (Å²) in [5.41, 5.74) is 4.73. The lowest BCUT2D eigenvalue weighted by Gasteiger charge is -2.12. The molecule has 0 aliphatic carbocycles. The van der Waals surface area contributed by atoms with E-state index in [4.69, 9.17) is 0 Å². The lowest BCUT2D eigenvalue weighted by atomic mass is 10.1. The van der Waals surface area contributed by atoms with Gasteiger partial charge in [-0.15, -0.1) is 0 Å². The van der Waals surface area contributed by atoms with Crippen molar-refractivity contribution in [2.45, 2.75) is 26.9 Å². The van der Waals surface area contributed by atoms with Crippen molar-refractivity contribution in [1.29, 1.82) is 0 Å². The summed E-state index contributed by atoms with van der Waals surface area (Å²) in [6.45, 7) is 5.58. The molecule has 0 aliphatic rings. The van der Waals surface area contributed by atoms with E-state index in [-0.39, 0.29) is 0 Å². The Morgan fingerprint density at radius 1 is 1.10 bits per heavy atom. The average molecular weight is 282 g/mol. The molecule has 1 aromatic heterocycles. The monoisotopic (exact) mass is 282 g/mol. The topological polar surface area (TPSA) is 49.3 Å². The van der Waals surface area contributed by atoms with Gasteiger partial charge in [0, 0.05) is 19.8 Å². The van der Waals surface area contributed by atoms with E-state index in [2.05, 4.69) is 64.8 Å². The highest BCUT2D eigenvalue weighted by Gasteiger charge is 2.02. The minimum Gasteiger partial charge on any atom is -0.352 e. The van der Waals surface area contributed by atoms with Crippen LogP contribution in [0.3, 0.4) is 0 Å². The smallest absolute Gasteiger partial charge is 0.191 e. The summed E-state index contributed by atoms with van der Waals surface area (Å²) in [7, 11) is 1.77. The molecular formula is C17H22N4. The molecule has 2 rings (SSSR count). The number of hydrogen-bond donors (Lipinski definition) is 2. The summed E-state index contributed by atoms with van der Waals surface area (Å²) in [4.78, 5) is 8.61. The van der Waals surface area contributed by atoms with Crippen LogP contribution in [0.4, 0.5) is 0 Å². The van der Waals surface area contributed by atoms with Crippen molar-refractivity contribution in [3.63, 3.8) is 0 Å². The lowest BCUT2D eigenvalue weighted by Crippen LogP contribution is -2.36. The van der Waals surface area contributed by atoms with Crippen molar-refractivity contribution < 1.29 is 0 Å². The van der Waals surface area contributed by atoms with Crippen LogP contribution in [0.5, 0.6) is 0 Å². The molecule has 1 heterocycles. The number of aryl methyl sites for hydroxylation is 2. The largest absolute Gasteiger partial charge is 0.352 e. The molecule has 0 radical (unpaired) electrons. The van der Waals surface area contributed by atoms with Crippen molar-refractivity contribution in [2.75, 3.05) is 7.05 Å².